The van der Waals surface area contributed by atoms with Crippen LogP contribution < -0.4 is 10.6 Å². The monoisotopic (exact) mass is 454 g/mol. The number of benzene rings is 1. The molecule has 0 fully saturated rings. The smallest absolute Gasteiger partial charge is 0.259 e. The van der Waals surface area contributed by atoms with Crippen molar-refractivity contribution in [1.29, 1.82) is 0 Å². The van der Waals surface area contributed by atoms with Crippen LogP contribution in [0.25, 0.3) is 22.6 Å². The zero-order valence-electron chi connectivity index (χ0n) is 15.4. The van der Waals surface area contributed by atoms with Gasteiger partial charge in [0.2, 0.25) is 5.91 Å². The number of carbonyl (C=O) groups excluding carboxylic acids is 2. The zero-order chi connectivity index (χ0) is 20.5. The van der Waals surface area contributed by atoms with Crippen LogP contribution in [-0.4, -0.2) is 22.0 Å². The highest BCUT2D eigenvalue weighted by atomic mass is 79.9. The van der Waals surface area contributed by atoms with Gasteiger partial charge in [-0.1, -0.05) is 21.1 Å². The van der Waals surface area contributed by atoms with Gasteiger partial charge in [-0.2, -0.15) is 0 Å². The quantitative estimate of drug-likeness (QED) is 0.459. The van der Waals surface area contributed by atoms with Gasteiger partial charge >= 0.3 is 0 Å². The number of nitrogens with zero attached hydrogens (tertiary/aromatic N) is 2. The third kappa shape index (κ3) is 3.77. The summed E-state index contributed by atoms with van der Waals surface area (Å²) in [5, 5.41) is 9.98. The molecular weight excluding hydrogens is 440 g/mol. The summed E-state index contributed by atoms with van der Waals surface area (Å²) in [6, 6.07) is 10.3. The normalized spacial score (nSPS) is 10.9. The number of rotatable bonds is 4. The predicted octanol–water partition coefficient (Wildman–Crippen LogP) is 4.76. The number of hydrogen-bond donors (Lipinski definition) is 2. The summed E-state index contributed by atoms with van der Waals surface area (Å²) in [6.07, 6.45) is 1.52. The van der Waals surface area contributed by atoms with Crippen LogP contribution in [0, 0.1) is 6.92 Å². The largest absolute Gasteiger partial charge is 0.463 e. The minimum absolute atomic E-state index is 0.234. The molecule has 29 heavy (non-hydrogen) atoms. The van der Waals surface area contributed by atoms with Crippen LogP contribution >= 0.6 is 15.9 Å². The number of hydrogen-bond acceptors (Lipinski definition) is 6. The van der Waals surface area contributed by atoms with Crippen LogP contribution in [0.3, 0.4) is 0 Å². The molecule has 2 amide bonds. The molecule has 0 atom stereocenters. The van der Waals surface area contributed by atoms with Crippen LogP contribution in [-0.2, 0) is 4.79 Å². The molecule has 0 saturated heterocycles. The third-order valence-electron chi connectivity index (χ3n) is 4.18. The number of halogens is 1. The summed E-state index contributed by atoms with van der Waals surface area (Å²) in [7, 11) is 0. The molecule has 0 unspecified atom stereocenters. The molecule has 2 N–H and O–H groups in total. The highest BCUT2D eigenvalue weighted by Crippen LogP contribution is 2.30. The number of nitrogens with one attached hydrogen (secondary N) is 2. The van der Waals surface area contributed by atoms with E-state index in [2.05, 4.69) is 36.7 Å². The fourth-order valence-electron chi connectivity index (χ4n) is 2.93. The summed E-state index contributed by atoms with van der Waals surface area (Å²) >= 11 is 3.38. The first-order valence-corrected chi connectivity index (χ1v) is 9.41. The van der Waals surface area contributed by atoms with Crippen molar-refractivity contribution in [2.75, 3.05) is 10.6 Å². The minimum Gasteiger partial charge on any atom is -0.463 e. The predicted molar refractivity (Wildman–Crippen MR) is 111 cm³/mol. The maximum Gasteiger partial charge on any atom is 0.259 e. The number of aromatic nitrogens is 2. The van der Waals surface area contributed by atoms with Gasteiger partial charge in [-0.15, -0.1) is 0 Å². The second-order valence-electron chi connectivity index (χ2n) is 6.31. The molecule has 0 bridgehead atoms. The van der Waals surface area contributed by atoms with Crippen molar-refractivity contribution < 1.29 is 18.5 Å². The zero-order valence-corrected chi connectivity index (χ0v) is 17.0. The summed E-state index contributed by atoms with van der Waals surface area (Å²) < 4.78 is 11.4. The van der Waals surface area contributed by atoms with E-state index in [0.29, 0.717) is 39.5 Å². The van der Waals surface area contributed by atoms with Crippen molar-refractivity contribution in [2.24, 2.45) is 0 Å². The van der Waals surface area contributed by atoms with Gasteiger partial charge < -0.3 is 19.6 Å². The molecule has 0 spiro atoms. The maximum absolute atomic E-state index is 13.2. The fourth-order valence-corrected chi connectivity index (χ4v) is 3.29. The lowest BCUT2D eigenvalue weighted by molar-refractivity contribution is -0.114. The number of fused-ring (bicyclic) bond motifs is 1. The average Bonchev–Trinajstić information content (AvgIpc) is 3.33. The van der Waals surface area contributed by atoms with E-state index in [-0.39, 0.29) is 11.6 Å². The Bertz CT molecular complexity index is 1230. The number of aryl methyl sites for hydroxylation is 1. The average molecular weight is 455 g/mol. The standard InChI is InChI=1S/C20H15BrN4O4/c1-10-18-13(9-16(17-4-3-7-28-17)24-20(18)29-25-10)19(27)23-15-8-12(21)5-6-14(15)22-11(2)26/h3-9H,1-2H3,(H,22,26)(H,23,27). The molecule has 1 aromatic carbocycles. The Morgan fingerprint density at radius 1 is 1.10 bits per heavy atom. The second kappa shape index (κ2) is 7.51. The van der Waals surface area contributed by atoms with Crippen molar-refractivity contribution in [3.05, 3.63) is 58.4 Å². The van der Waals surface area contributed by atoms with Gasteiger partial charge in [0.1, 0.15) is 5.69 Å². The van der Waals surface area contributed by atoms with Crippen molar-refractivity contribution in [2.45, 2.75) is 13.8 Å². The lowest BCUT2D eigenvalue weighted by atomic mass is 10.1. The molecule has 3 heterocycles. The van der Waals surface area contributed by atoms with Crippen LogP contribution in [0.4, 0.5) is 11.4 Å². The first-order valence-electron chi connectivity index (χ1n) is 8.62. The second-order valence-corrected chi connectivity index (χ2v) is 7.22. The molecule has 4 rings (SSSR count). The Balaban J connectivity index is 1.79. The van der Waals surface area contributed by atoms with E-state index in [1.165, 1.54) is 13.2 Å². The van der Waals surface area contributed by atoms with E-state index in [9.17, 15) is 9.59 Å². The van der Waals surface area contributed by atoms with Gasteiger partial charge in [0.15, 0.2) is 5.76 Å². The van der Waals surface area contributed by atoms with E-state index in [0.717, 1.165) is 4.47 Å². The molecule has 0 radical (unpaired) electrons. The van der Waals surface area contributed by atoms with Crippen LogP contribution in [0.5, 0.6) is 0 Å². The van der Waals surface area contributed by atoms with E-state index in [4.69, 9.17) is 8.94 Å². The van der Waals surface area contributed by atoms with E-state index in [1.54, 1.807) is 43.3 Å². The lowest BCUT2D eigenvalue weighted by Crippen LogP contribution is -2.16. The molecule has 0 saturated carbocycles. The fraction of sp³-hybridized carbons (Fsp3) is 0.100. The Hall–Kier alpha value is -3.46. The molecule has 3 aromatic heterocycles. The SMILES string of the molecule is CC(=O)Nc1ccc(Br)cc1NC(=O)c1cc(-c2ccco2)nc2onc(C)c12. The summed E-state index contributed by atoms with van der Waals surface area (Å²) in [5.74, 6) is -0.151. The van der Waals surface area contributed by atoms with Crippen molar-refractivity contribution in [1.82, 2.24) is 10.1 Å². The Kier molecular flexibility index (Phi) is 4.89. The first-order chi connectivity index (χ1) is 13.9. The van der Waals surface area contributed by atoms with Crippen LogP contribution in [0.2, 0.25) is 0 Å². The number of amides is 2. The molecule has 0 aliphatic carbocycles. The molecule has 4 aromatic rings. The lowest BCUT2D eigenvalue weighted by Gasteiger charge is -2.13. The summed E-state index contributed by atoms with van der Waals surface area (Å²) in [4.78, 5) is 29.1. The maximum atomic E-state index is 13.2. The molecule has 9 heteroatoms. The van der Waals surface area contributed by atoms with Gasteiger partial charge in [0.05, 0.1) is 34.3 Å². The number of carbonyl (C=O) groups is 2. The van der Waals surface area contributed by atoms with Crippen molar-refractivity contribution in [3.8, 4) is 11.5 Å². The number of pyridine rings is 1. The minimum atomic E-state index is -0.402. The Labute approximate surface area is 173 Å². The first kappa shape index (κ1) is 18.9. The molecule has 0 aliphatic rings. The van der Waals surface area contributed by atoms with Crippen LogP contribution in [0.1, 0.15) is 23.0 Å². The third-order valence-corrected chi connectivity index (χ3v) is 4.67. The van der Waals surface area contributed by atoms with E-state index in [1.807, 2.05) is 0 Å². The Morgan fingerprint density at radius 3 is 2.66 bits per heavy atom. The molecule has 8 nitrogen and oxygen atoms in total. The van der Waals surface area contributed by atoms with Gasteiger partial charge in [0.25, 0.3) is 11.6 Å². The summed E-state index contributed by atoms with van der Waals surface area (Å²) in [6.45, 7) is 3.13. The number of furan rings is 1. The topological polar surface area (TPSA) is 110 Å². The van der Waals surface area contributed by atoms with Gasteiger partial charge in [-0.3, -0.25) is 9.59 Å². The van der Waals surface area contributed by atoms with Gasteiger partial charge in [-0.25, -0.2) is 4.98 Å². The molecular formula is C20H15BrN4O4. The van der Waals surface area contributed by atoms with Gasteiger partial charge in [-0.05, 0) is 43.3 Å². The highest BCUT2D eigenvalue weighted by molar-refractivity contribution is 9.10. The van der Waals surface area contributed by atoms with E-state index < -0.39 is 5.91 Å². The number of anilines is 2. The van der Waals surface area contributed by atoms with Gasteiger partial charge in [0, 0.05) is 11.4 Å². The highest BCUT2D eigenvalue weighted by Gasteiger charge is 2.21. The summed E-state index contributed by atoms with van der Waals surface area (Å²) in [5.41, 5.74) is 2.47. The van der Waals surface area contributed by atoms with Crippen LogP contribution in [0.15, 0.2) is 56.1 Å². The van der Waals surface area contributed by atoms with E-state index >= 15 is 0 Å². The molecule has 146 valence electrons. The molecule has 0 aliphatic heterocycles. The van der Waals surface area contributed by atoms with Crippen molar-refractivity contribution >= 4 is 50.2 Å². The Morgan fingerprint density at radius 2 is 1.93 bits per heavy atom. The van der Waals surface area contributed by atoms with Crippen molar-refractivity contribution in [3.63, 3.8) is 0 Å².